The molecular formula is C33H56N2. The fraction of sp³-hybridized carbons (Fsp3) is 0.727. The van der Waals surface area contributed by atoms with Gasteiger partial charge in [-0.2, -0.15) is 0 Å². The first kappa shape index (κ1) is 29.7. The van der Waals surface area contributed by atoms with Crippen LogP contribution >= 0.6 is 0 Å². The van der Waals surface area contributed by atoms with Gasteiger partial charge in [0.15, 0.2) is 0 Å². The Kier molecular flexibility index (Phi) is 16.6. The van der Waals surface area contributed by atoms with Crippen molar-refractivity contribution in [3.63, 3.8) is 0 Å². The first-order valence-electron chi connectivity index (χ1n) is 15.2. The third-order valence-electron chi connectivity index (χ3n) is 7.80. The van der Waals surface area contributed by atoms with Crippen molar-refractivity contribution < 1.29 is 0 Å². The molecule has 2 nitrogen and oxygen atoms in total. The second-order valence-electron chi connectivity index (χ2n) is 11.3. The molecule has 0 bridgehead atoms. The molecule has 2 aromatic rings. The number of rotatable bonds is 22. The van der Waals surface area contributed by atoms with Gasteiger partial charge < -0.3 is 4.57 Å². The van der Waals surface area contributed by atoms with E-state index in [1.54, 1.807) is 0 Å². The van der Waals surface area contributed by atoms with E-state index in [0.717, 1.165) is 0 Å². The number of unbranched alkanes of at least 4 members (excludes halogenated alkanes) is 15. The Hall–Kier alpha value is -1.57. The van der Waals surface area contributed by atoms with Gasteiger partial charge in [-0.15, -0.1) is 0 Å². The summed E-state index contributed by atoms with van der Waals surface area (Å²) in [6, 6.07) is 11.6. The van der Waals surface area contributed by atoms with E-state index < -0.39 is 0 Å². The maximum Gasteiger partial charge on any atom is 0.0948 e. The van der Waals surface area contributed by atoms with Gasteiger partial charge in [0.25, 0.3) is 0 Å². The minimum absolute atomic E-state index is 0.522. The van der Waals surface area contributed by atoms with Crippen molar-refractivity contribution in [2.24, 2.45) is 11.8 Å². The van der Waals surface area contributed by atoms with Crippen LogP contribution in [-0.2, 0) is 6.42 Å². The lowest BCUT2D eigenvalue weighted by atomic mass is 9.82. The Bertz CT molecular complexity index is 691. The summed E-state index contributed by atoms with van der Waals surface area (Å²) in [5, 5.41) is 0. The number of hydrogen-bond acceptors (Lipinski definition) is 1. The molecule has 35 heavy (non-hydrogen) atoms. The van der Waals surface area contributed by atoms with E-state index in [9.17, 15) is 0 Å². The second-order valence-corrected chi connectivity index (χ2v) is 11.3. The number of imidazole rings is 1. The van der Waals surface area contributed by atoms with Crippen LogP contribution in [0.15, 0.2) is 49.1 Å². The first-order valence-corrected chi connectivity index (χ1v) is 15.2. The molecule has 2 rings (SSSR count). The normalized spacial score (nSPS) is 13.4. The van der Waals surface area contributed by atoms with Gasteiger partial charge in [0.1, 0.15) is 0 Å². The lowest BCUT2D eigenvalue weighted by Gasteiger charge is -2.32. The maximum atomic E-state index is 4.36. The quantitative estimate of drug-likeness (QED) is 0.153. The standard InChI is InChI=1S/C33H56N2/c1-4-5-6-7-8-9-10-11-12-13-14-15-16-17-18-22-25-32(28-31-23-20-19-21-24-31)33(30(2)3)35-27-26-34-29-35/h19-21,23-24,26-27,29-30,32-33H,4-18,22,25,28H2,1-3H3. The summed E-state index contributed by atoms with van der Waals surface area (Å²) >= 11 is 0. The summed E-state index contributed by atoms with van der Waals surface area (Å²) in [7, 11) is 0. The topological polar surface area (TPSA) is 17.8 Å². The molecule has 2 unspecified atom stereocenters. The fourth-order valence-corrected chi connectivity index (χ4v) is 5.84. The van der Waals surface area contributed by atoms with Gasteiger partial charge in [0, 0.05) is 18.4 Å². The van der Waals surface area contributed by atoms with E-state index in [2.05, 4.69) is 66.9 Å². The zero-order valence-electron chi connectivity index (χ0n) is 23.5. The Morgan fingerprint density at radius 2 is 1.20 bits per heavy atom. The third kappa shape index (κ3) is 13.3. The van der Waals surface area contributed by atoms with E-state index in [1.807, 2.05) is 12.5 Å². The van der Waals surface area contributed by atoms with Crippen LogP contribution in [0.25, 0.3) is 0 Å². The van der Waals surface area contributed by atoms with Gasteiger partial charge >= 0.3 is 0 Å². The molecule has 0 saturated carbocycles. The largest absolute Gasteiger partial charge is 0.334 e. The highest BCUT2D eigenvalue weighted by molar-refractivity contribution is 5.15. The summed E-state index contributed by atoms with van der Waals surface area (Å²) in [6.07, 6.45) is 31.5. The maximum absolute atomic E-state index is 4.36. The van der Waals surface area contributed by atoms with Crippen molar-refractivity contribution >= 4 is 0 Å². The van der Waals surface area contributed by atoms with E-state index in [4.69, 9.17) is 0 Å². The van der Waals surface area contributed by atoms with Gasteiger partial charge in [0.2, 0.25) is 0 Å². The summed E-state index contributed by atoms with van der Waals surface area (Å²) in [5.74, 6) is 1.28. The number of nitrogens with zero attached hydrogens (tertiary/aromatic N) is 2. The van der Waals surface area contributed by atoms with Crippen LogP contribution in [-0.4, -0.2) is 9.55 Å². The van der Waals surface area contributed by atoms with Crippen molar-refractivity contribution in [2.45, 2.75) is 142 Å². The van der Waals surface area contributed by atoms with Crippen LogP contribution in [0.3, 0.4) is 0 Å². The summed E-state index contributed by atoms with van der Waals surface area (Å²) in [5.41, 5.74) is 1.47. The minimum Gasteiger partial charge on any atom is -0.334 e. The summed E-state index contributed by atoms with van der Waals surface area (Å²) in [6.45, 7) is 7.04. The van der Waals surface area contributed by atoms with Gasteiger partial charge in [-0.05, 0) is 30.2 Å². The highest BCUT2D eigenvalue weighted by Crippen LogP contribution is 2.33. The van der Waals surface area contributed by atoms with Crippen molar-refractivity contribution in [3.8, 4) is 0 Å². The Balaban J connectivity index is 1.58. The van der Waals surface area contributed by atoms with Gasteiger partial charge in [-0.1, -0.05) is 154 Å². The Morgan fingerprint density at radius 3 is 1.66 bits per heavy atom. The van der Waals surface area contributed by atoms with Crippen molar-refractivity contribution in [2.75, 3.05) is 0 Å². The molecule has 0 fully saturated rings. The van der Waals surface area contributed by atoms with Crippen molar-refractivity contribution in [3.05, 3.63) is 54.6 Å². The first-order chi connectivity index (χ1) is 17.2. The lowest BCUT2D eigenvalue weighted by molar-refractivity contribution is 0.234. The third-order valence-corrected chi connectivity index (χ3v) is 7.80. The highest BCUT2D eigenvalue weighted by atomic mass is 15.1. The molecule has 0 N–H and O–H groups in total. The van der Waals surface area contributed by atoms with Crippen LogP contribution in [0.1, 0.15) is 142 Å². The average molecular weight is 481 g/mol. The van der Waals surface area contributed by atoms with Gasteiger partial charge in [0.05, 0.1) is 6.33 Å². The monoisotopic (exact) mass is 480 g/mol. The molecule has 0 spiro atoms. The van der Waals surface area contributed by atoms with Crippen LogP contribution in [0, 0.1) is 11.8 Å². The van der Waals surface area contributed by atoms with Gasteiger partial charge in [-0.3, -0.25) is 0 Å². The zero-order chi connectivity index (χ0) is 25.0. The molecule has 0 amide bonds. The fourth-order valence-electron chi connectivity index (χ4n) is 5.84. The molecule has 0 aliphatic carbocycles. The molecule has 0 saturated heterocycles. The predicted molar refractivity (Wildman–Crippen MR) is 154 cm³/mol. The predicted octanol–water partition coefficient (Wildman–Crippen LogP) is 10.6. The second kappa shape index (κ2) is 19.6. The molecule has 2 heteroatoms. The molecular weight excluding hydrogens is 424 g/mol. The van der Waals surface area contributed by atoms with Crippen LogP contribution in [0.5, 0.6) is 0 Å². The molecule has 0 aliphatic rings. The van der Waals surface area contributed by atoms with E-state index in [1.165, 1.54) is 121 Å². The molecule has 0 aliphatic heterocycles. The highest BCUT2D eigenvalue weighted by Gasteiger charge is 2.25. The average Bonchev–Trinajstić information content (AvgIpc) is 3.38. The van der Waals surface area contributed by atoms with Gasteiger partial charge in [-0.25, -0.2) is 4.98 Å². The minimum atomic E-state index is 0.522. The summed E-state index contributed by atoms with van der Waals surface area (Å²) in [4.78, 5) is 4.36. The molecule has 1 heterocycles. The van der Waals surface area contributed by atoms with Crippen LogP contribution < -0.4 is 0 Å². The molecule has 0 radical (unpaired) electrons. The number of benzene rings is 1. The zero-order valence-corrected chi connectivity index (χ0v) is 23.5. The molecule has 1 aromatic heterocycles. The molecule has 2 atom stereocenters. The van der Waals surface area contributed by atoms with E-state index in [-0.39, 0.29) is 0 Å². The molecule has 1 aromatic carbocycles. The lowest BCUT2D eigenvalue weighted by Crippen LogP contribution is -2.25. The Morgan fingerprint density at radius 1 is 0.686 bits per heavy atom. The number of aromatic nitrogens is 2. The molecule has 198 valence electrons. The van der Waals surface area contributed by atoms with Crippen molar-refractivity contribution in [1.82, 2.24) is 9.55 Å². The van der Waals surface area contributed by atoms with Crippen molar-refractivity contribution in [1.29, 1.82) is 0 Å². The smallest absolute Gasteiger partial charge is 0.0948 e. The summed E-state index contributed by atoms with van der Waals surface area (Å²) < 4.78 is 2.37. The van der Waals surface area contributed by atoms with E-state index in [0.29, 0.717) is 17.9 Å². The van der Waals surface area contributed by atoms with E-state index >= 15 is 0 Å². The Labute approximate surface area is 218 Å². The SMILES string of the molecule is CCCCCCCCCCCCCCCCCCC(Cc1ccccc1)C(C(C)C)n1ccnc1. The number of hydrogen-bond donors (Lipinski definition) is 0. The van der Waals surface area contributed by atoms with Crippen LogP contribution in [0.2, 0.25) is 0 Å². The van der Waals surface area contributed by atoms with Crippen LogP contribution in [0.4, 0.5) is 0 Å².